The third-order valence-electron chi connectivity index (χ3n) is 3.59. The molecule has 3 rings (SSSR count). The van der Waals surface area contributed by atoms with Gasteiger partial charge in [-0.3, -0.25) is 0 Å². The molecule has 19 heavy (non-hydrogen) atoms. The molecule has 0 spiro atoms. The fraction of sp³-hybridized carbons (Fsp3) is 0.600. The maximum Gasteiger partial charge on any atom is 0.124 e. The quantitative estimate of drug-likeness (QED) is 0.899. The lowest BCUT2D eigenvalue weighted by atomic mass is 10.1. The molecule has 1 aliphatic heterocycles. The number of halogens is 1. The van der Waals surface area contributed by atoms with Crippen LogP contribution in [0, 0.1) is 0 Å². The highest BCUT2D eigenvalue weighted by Crippen LogP contribution is 2.27. The van der Waals surface area contributed by atoms with Gasteiger partial charge in [0.05, 0.1) is 6.61 Å². The minimum Gasteiger partial charge on any atom is -0.488 e. The first kappa shape index (κ1) is 13.2. The zero-order valence-electron chi connectivity index (χ0n) is 11.0. The largest absolute Gasteiger partial charge is 0.488 e. The molecule has 1 unspecified atom stereocenters. The van der Waals surface area contributed by atoms with Crippen LogP contribution in [0.25, 0.3) is 0 Å². The van der Waals surface area contributed by atoms with E-state index in [1.54, 1.807) is 0 Å². The van der Waals surface area contributed by atoms with Crippen LogP contribution >= 0.6 is 11.6 Å². The van der Waals surface area contributed by atoms with E-state index in [0.717, 1.165) is 42.3 Å². The summed E-state index contributed by atoms with van der Waals surface area (Å²) in [7, 11) is 0. The Balaban J connectivity index is 1.66. The molecule has 1 aliphatic carbocycles. The van der Waals surface area contributed by atoms with Crippen molar-refractivity contribution in [3.63, 3.8) is 0 Å². The van der Waals surface area contributed by atoms with Gasteiger partial charge in [0.25, 0.3) is 0 Å². The van der Waals surface area contributed by atoms with Crippen LogP contribution in [0.1, 0.15) is 31.2 Å². The molecule has 1 aromatic carbocycles. The zero-order chi connectivity index (χ0) is 13.1. The van der Waals surface area contributed by atoms with Crippen LogP contribution in [0.15, 0.2) is 18.2 Å². The molecule has 1 saturated heterocycles. The van der Waals surface area contributed by atoms with E-state index >= 15 is 0 Å². The predicted molar refractivity (Wildman–Crippen MR) is 75.8 cm³/mol. The molecule has 1 N–H and O–H groups in total. The summed E-state index contributed by atoms with van der Waals surface area (Å²) >= 11 is 6.08. The second kappa shape index (κ2) is 6.12. The highest BCUT2D eigenvalue weighted by Gasteiger charge is 2.21. The van der Waals surface area contributed by atoms with Crippen molar-refractivity contribution in [1.29, 1.82) is 0 Å². The number of rotatable bonds is 5. The van der Waals surface area contributed by atoms with Crippen LogP contribution in [-0.4, -0.2) is 25.4 Å². The van der Waals surface area contributed by atoms with E-state index in [1.165, 1.54) is 12.8 Å². The van der Waals surface area contributed by atoms with Crippen molar-refractivity contribution in [2.45, 2.75) is 44.4 Å². The Hall–Kier alpha value is -0.770. The molecule has 0 bridgehead atoms. The number of benzene rings is 1. The number of ether oxygens (including phenoxy) is 2. The first-order valence-electron chi connectivity index (χ1n) is 7.07. The SMILES string of the molecule is Clc1ccc(OC2CCCOC2)c(CNC2CC2)c1. The van der Waals surface area contributed by atoms with Gasteiger partial charge in [-0.1, -0.05) is 11.6 Å². The molecule has 1 saturated carbocycles. The molecule has 0 radical (unpaired) electrons. The molecule has 104 valence electrons. The lowest BCUT2D eigenvalue weighted by Crippen LogP contribution is -2.28. The van der Waals surface area contributed by atoms with Crippen molar-refractivity contribution in [2.75, 3.05) is 13.2 Å². The van der Waals surface area contributed by atoms with Crippen molar-refractivity contribution in [2.24, 2.45) is 0 Å². The Kier molecular flexibility index (Phi) is 4.26. The van der Waals surface area contributed by atoms with E-state index in [0.29, 0.717) is 12.6 Å². The Morgan fingerprint density at radius 3 is 2.95 bits per heavy atom. The van der Waals surface area contributed by atoms with Crippen molar-refractivity contribution in [1.82, 2.24) is 5.32 Å². The molecule has 1 atom stereocenters. The third kappa shape index (κ3) is 3.85. The van der Waals surface area contributed by atoms with E-state index in [1.807, 2.05) is 18.2 Å². The summed E-state index contributed by atoms with van der Waals surface area (Å²) in [6.45, 7) is 2.38. The molecule has 0 aromatic heterocycles. The van der Waals surface area contributed by atoms with Crippen LogP contribution in [0.4, 0.5) is 0 Å². The van der Waals surface area contributed by atoms with Gasteiger partial charge in [0.2, 0.25) is 0 Å². The summed E-state index contributed by atoms with van der Waals surface area (Å²) in [6.07, 6.45) is 4.89. The van der Waals surface area contributed by atoms with Gasteiger partial charge in [-0.05, 0) is 43.9 Å². The zero-order valence-corrected chi connectivity index (χ0v) is 11.8. The standard InChI is InChI=1S/C15H20ClNO2/c16-12-3-6-15(19-14-2-1-7-18-10-14)11(8-12)9-17-13-4-5-13/h3,6,8,13-14,17H,1-2,4-5,7,9-10H2. The fourth-order valence-corrected chi connectivity index (χ4v) is 2.52. The van der Waals surface area contributed by atoms with Crippen molar-refractivity contribution in [3.8, 4) is 5.75 Å². The molecule has 4 heteroatoms. The van der Waals surface area contributed by atoms with Gasteiger partial charge in [0.15, 0.2) is 0 Å². The van der Waals surface area contributed by atoms with Gasteiger partial charge in [0.1, 0.15) is 11.9 Å². The van der Waals surface area contributed by atoms with Gasteiger partial charge in [-0.2, -0.15) is 0 Å². The summed E-state index contributed by atoms with van der Waals surface area (Å²) in [5.41, 5.74) is 1.14. The maximum absolute atomic E-state index is 6.08. The Labute approximate surface area is 119 Å². The summed E-state index contributed by atoms with van der Waals surface area (Å²) in [5, 5.41) is 4.27. The number of hydrogen-bond donors (Lipinski definition) is 1. The second-order valence-corrected chi connectivity index (χ2v) is 5.80. The molecule has 1 aromatic rings. The first-order chi connectivity index (χ1) is 9.31. The normalized spacial score (nSPS) is 23.3. The van der Waals surface area contributed by atoms with E-state index in [4.69, 9.17) is 21.1 Å². The molecule has 3 nitrogen and oxygen atoms in total. The smallest absolute Gasteiger partial charge is 0.124 e. The number of nitrogens with one attached hydrogen (secondary N) is 1. The van der Waals surface area contributed by atoms with Crippen LogP contribution in [0.2, 0.25) is 5.02 Å². The van der Waals surface area contributed by atoms with Crippen molar-refractivity contribution in [3.05, 3.63) is 28.8 Å². The third-order valence-corrected chi connectivity index (χ3v) is 3.83. The van der Waals surface area contributed by atoms with Crippen LogP contribution in [0.3, 0.4) is 0 Å². The highest BCUT2D eigenvalue weighted by atomic mass is 35.5. The second-order valence-electron chi connectivity index (χ2n) is 5.36. The summed E-state index contributed by atoms with van der Waals surface area (Å²) < 4.78 is 11.5. The fourth-order valence-electron chi connectivity index (χ4n) is 2.33. The van der Waals surface area contributed by atoms with Gasteiger partial charge in [-0.25, -0.2) is 0 Å². The maximum atomic E-state index is 6.08. The molecule has 2 fully saturated rings. The van der Waals surface area contributed by atoms with Crippen LogP contribution in [0.5, 0.6) is 5.75 Å². The lowest BCUT2D eigenvalue weighted by molar-refractivity contribution is 0.00700. The molecular weight excluding hydrogens is 262 g/mol. The topological polar surface area (TPSA) is 30.5 Å². The van der Waals surface area contributed by atoms with Crippen LogP contribution < -0.4 is 10.1 Å². The summed E-state index contributed by atoms with van der Waals surface area (Å²) in [5.74, 6) is 0.938. The lowest BCUT2D eigenvalue weighted by Gasteiger charge is -2.24. The molecular formula is C15H20ClNO2. The Morgan fingerprint density at radius 1 is 1.32 bits per heavy atom. The van der Waals surface area contributed by atoms with E-state index in [-0.39, 0.29) is 6.10 Å². The van der Waals surface area contributed by atoms with Gasteiger partial charge in [-0.15, -0.1) is 0 Å². The first-order valence-corrected chi connectivity index (χ1v) is 7.45. The minimum atomic E-state index is 0.176. The van der Waals surface area contributed by atoms with Gasteiger partial charge < -0.3 is 14.8 Å². The predicted octanol–water partition coefficient (Wildman–Crippen LogP) is 3.15. The van der Waals surface area contributed by atoms with Crippen molar-refractivity contribution < 1.29 is 9.47 Å². The van der Waals surface area contributed by atoms with E-state index in [9.17, 15) is 0 Å². The van der Waals surface area contributed by atoms with Gasteiger partial charge >= 0.3 is 0 Å². The summed E-state index contributed by atoms with van der Waals surface area (Å²) in [4.78, 5) is 0. The molecule has 1 heterocycles. The van der Waals surface area contributed by atoms with Crippen LogP contribution in [-0.2, 0) is 11.3 Å². The average Bonchev–Trinajstić information content (AvgIpc) is 3.24. The Morgan fingerprint density at radius 2 is 2.21 bits per heavy atom. The highest BCUT2D eigenvalue weighted by molar-refractivity contribution is 6.30. The Bertz CT molecular complexity index is 428. The molecule has 0 amide bonds. The van der Waals surface area contributed by atoms with Gasteiger partial charge in [0, 0.05) is 29.8 Å². The monoisotopic (exact) mass is 281 g/mol. The minimum absolute atomic E-state index is 0.176. The number of hydrogen-bond acceptors (Lipinski definition) is 3. The average molecular weight is 282 g/mol. The van der Waals surface area contributed by atoms with E-state index in [2.05, 4.69) is 5.32 Å². The summed E-state index contributed by atoms with van der Waals surface area (Å²) in [6, 6.07) is 6.54. The van der Waals surface area contributed by atoms with Crippen molar-refractivity contribution >= 4 is 11.6 Å². The van der Waals surface area contributed by atoms with E-state index < -0.39 is 0 Å². The molecule has 2 aliphatic rings.